The SMILES string of the molecule is Nc1ccc(Sc2nccs2)cc1C(=O)O. The highest BCUT2D eigenvalue weighted by Crippen LogP contribution is 2.30. The second-order valence-electron chi connectivity index (χ2n) is 2.95. The molecule has 16 heavy (non-hydrogen) atoms. The lowest BCUT2D eigenvalue weighted by molar-refractivity contribution is 0.0698. The first kappa shape index (κ1) is 11.0. The molecule has 1 aromatic carbocycles. The van der Waals surface area contributed by atoms with Gasteiger partial charge in [0.05, 0.1) is 5.56 Å². The van der Waals surface area contributed by atoms with Gasteiger partial charge in [0.2, 0.25) is 0 Å². The van der Waals surface area contributed by atoms with Gasteiger partial charge < -0.3 is 10.8 Å². The van der Waals surface area contributed by atoms with Crippen LogP contribution in [0.3, 0.4) is 0 Å². The maximum atomic E-state index is 10.9. The molecule has 0 amide bonds. The second-order valence-corrected chi connectivity index (χ2v) is 5.17. The molecule has 0 aliphatic rings. The number of rotatable bonds is 3. The molecular formula is C10H8N2O2S2. The van der Waals surface area contributed by atoms with Crippen molar-refractivity contribution in [3.63, 3.8) is 0 Å². The van der Waals surface area contributed by atoms with Crippen LogP contribution in [0.5, 0.6) is 0 Å². The number of aromatic nitrogens is 1. The van der Waals surface area contributed by atoms with Gasteiger partial charge in [0.15, 0.2) is 4.34 Å². The van der Waals surface area contributed by atoms with Gasteiger partial charge in [-0.15, -0.1) is 11.3 Å². The molecule has 1 heterocycles. The van der Waals surface area contributed by atoms with Crippen LogP contribution in [-0.2, 0) is 0 Å². The summed E-state index contributed by atoms with van der Waals surface area (Å²) in [5.41, 5.74) is 5.96. The van der Waals surface area contributed by atoms with Gasteiger partial charge in [-0.25, -0.2) is 9.78 Å². The Bertz CT molecular complexity index is 512. The molecule has 0 aliphatic carbocycles. The first-order chi connectivity index (χ1) is 7.66. The zero-order chi connectivity index (χ0) is 11.5. The number of nitrogen functional groups attached to an aromatic ring is 1. The minimum atomic E-state index is -1.01. The van der Waals surface area contributed by atoms with Gasteiger partial charge >= 0.3 is 5.97 Å². The van der Waals surface area contributed by atoms with Crippen molar-refractivity contribution in [3.8, 4) is 0 Å². The summed E-state index contributed by atoms with van der Waals surface area (Å²) >= 11 is 2.93. The summed E-state index contributed by atoms with van der Waals surface area (Å²) in [6.45, 7) is 0. The molecule has 2 rings (SSSR count). The molecular weight excluding hydrogens is 244 g/mol. The summed E-state index contributed by atoms with van der Waals surface area (Å²) in [6, 6.07) is 4.94. The highest BCUT2D eigenvalue weighted by Gasteiger charge is 2.09. The first-order valence-corrected chi connectivity index (χ1v) is 6.06. The van der Waals surface area contributed by atoms with E-state index in [1.165, 1.54) is 23.1 Å². The standard InChI is InChI=1S/C10H8N2O2S2/c11-8-2-1-6(5-7(8)9(13)14)16-10-12-3-4-15-10/h1-5H,11H2,(H,13,14). The highest BCUT2D eigenvalue weighted by molar-refractivity contribution is 8.01. The zero-order valence-corrected chi connectivity index (χ0v) is 9.72. The van der Waals surface area contributed by atoms with Crippen LogP contribution >= 0.6 is 23.1 Å². The third-order valence-corrected chi connectivity index (χ3v) is 3.74. The van der Waals surface area contributed by atoms with Gasteiger partial charge in [0.25, 0.3) is 0 Å². The van der Waals surface area contributed by atoms with E-state index in [0.29, 0.717) is 0 Å². The van der Waals surface area contributed by atoms with Crippen molar-refractivity contribution in [2.45, 2.75) is 9.24 Å². The molecule has 0 spiro atoms. The van der Waals surface area contributed by atoms with Crippen molar-refractivity contribution in [2.24, 2.45) is 0 Å². The normalized spacial score (nSPS) is 10.2. The number of hydrogen-bond donors (Lipinski definition) is 2. The molecule has 6 heteroatoms. The number of aromatic carboxylic acids is 1. The Kier molecular flexibility index (Phi) is 3.12. The van der Waals surface area contributed by atoms with Crippen molar-refractivity contribution in [2.75, 3.05) is 5.73 Å². The summed E-state index contributed by atoms with van der Waals surface area (Å²) in [5.74, 6) is -1.01. The number of carbonyl (C=O) groups is 1. The molecule has 0 fully saturated rings. The van der Waals surface area contributed by atoms with Crippen LogP contribution in [0.25, 0.3) is 0 Å². The molecule has 0 atom stereocenters. The minimum Gasteiger partial charge on any atom is -0.478 e. The Morgan fingerprint density at radius 1 is 1.50 bits per heavy atom. The van der Waals surface area contributed by atoms with Crippen LogP contribution in [0.1, 0.15) is 10.4 Å². The van der Waals surface area contributed by atoms with Crippen LogP contribution in [0.15, 0.2) is 39.0 Å². The molecule has 0 saturated carbocycles. The van der Waals surface area contributed by atoms with E-state index in [0.717, 1.165) is 9.24 Å². The average Bonchev–Trinajstić information content (AvgIpc) is 2.73. The highest BCUT2D eigenvalue weighted by atomic mass is 32.2. The van der Waals surface area contributed by atoms with E-state index in [9.17, 15) is 4.79 Å². The lowest BCUT2D eigenvalue weighted by atomic mass is 10.2. The maximum Gasteiger partial charge on any atom is 0.337 e. The fourth-order valence-electron chi connectivity index (χ4n) is 1.15. The van der Waals surface area contributed by atoms with Crippen molar-refractivity contribution >= 4 is 34.8 Å². The van der Waals surface area contributed by atoms with E-state index < -0.39 is 5.97 Å². The topological polar surface area (TPSA) is 76.2 Å². The molecule has 0 unspecified atom stereocenters. The van der Waals surface area contributed by atoms with Gasteiger partial charge in [-0.2, -0.15) is 0 Å². The summed E-state index contributed by atoms with van der Waals surface area (Å²) in [7, 11) is 0. The van der Waals surface area contributed by atoms with Gasteiger partial charge in [0.1, 0.15) is 0 Å². The number of benzene rings is 1. The van der Waals surface area contributed by atoms with Crippen LogP contribution in [0, 0.1) is 0 Å². The summed E-state index contributed by atoms with van der Waals surface area (Å²) in [6.07, 6.45) is 1.71. The van der Waals surface area contributed by atoms with E-state index in [1.54, 1.807) is 24.4 Å². The quantitative estimate of drug-likeness (QED) is 0.821. The molecule has 0 radical (unpaired) electrons. The maximum absolute atomic E-state index is 10.9. The lowest BCUT2D eigenvalue weighted by Gasteiger charge is -2.03. The Labute approximate surface area is 100 Å². The van der Waals surface area contributed by atoms with Gasteiger partial charge in [0, 0.05) is 22.2 Å². The lowest BCUT2D eigenvalue weighted by Crippen LogP contribution is -2.01. The Hall–Kier alpha value is -1.53. The Morgan fingerprint density at radius 2 is 2.31 bits per heavy atom. The number of carboxylic acids is 1. The molecule has 0 aliphatic heterocycles. The predicted octanol–water partition coefficient (Wildman–Crippen LogP) is 2.57. The van der Waals surface area contributed by atoms with Crippen molar-refractivity contribution in [1.82, 2.24) is 4.98 Å². The van der Waals surface area contributed by atoms with E-state index in [1.807, 2.05) is 5.38 Å². The average molecular weight is 252 g/mol. The predicted molar refractivity (Wildman–Crippen MR) is 64.1 cm³/mol. The Balaban J connectivity index is 2.29. The largest absolute Gasteiger partial charge is 0.478 e. The van der Waals surface area contributed by atoms with Crippen molar-refractivity contribution in [1.29, 1.82) is 0 Å². The van der Waals surface area contributed by atoms with Gasteiger partial charge in [-0.3, -0.25) is 0 Å². The van der Waals surface area contributed by atoms with Crippen molar-refractivity contribution in [3.05, 3.63) is 35.3 Å². The van der Waals surface area contributed by atoms with E-state index in [4.69, 9.17) is 10.8 Å². The number of anilines is 1. The summed E-state index contributed by atoms with van der Waals surface area (Å²) < 4.78 is 0.876. The van der Waals surface area contributed by atoms with E-state index in [2.05, 4.69) is 4.98 Å². The van der Waals surface area contributed by atoms with E-state index >= 15 is 0 Å². The molecule has 3 N–H and O–H groups in total. The number of nitrogens with two attached hydrogens (primary N) is 1. The van der Waals surface area contributed by atoms with Crippen LogP contribution in [-0.4, -0.2) is 16.1 Å². The fourth-order valence-corrected chi connectivity index (χ4v) is 2.78. The first-order valence-electron chi connectivity index (χ1n) is 4.37. The summed E-state index contributed by atoms with van der Waals surface area (Å²) in [5, 5.41) is 10.8. The van der Waals surface area contributed by atoms with Gasteiger partial charge in [-0.05, 0) is 18.2 Å². The zero-order valence-electron chi connectivity index (χ0n) is 8.08. The van der Waals surface area contributed by atoms with Crippen LogP contribution in [0.2, 0.25) is 0 Å². The van der Waals surface area contributed by atoms with Gasteiger partial charge in [-0.1, -0.05) is 11.8 Å². The monoisotopic (exact) mass is 252 g/mol. The smallest absolute Gasteiger partial charge is 0.337 e. The minimum absolute atomic E-state index is 0.126. The van der Waals surface area contributed by atoms with Crippen LogP contribution in [0.4, 0.5) is 5.69 Å². The molecule has 82 valence electrons. The third-order valence-electron chi connectivity index (χ3n) is 1.87. The Morgan fingerprint density at radius 3 is 2.94 bits per heavy atom. The number of carboxylic acid groups (broad SMARTS) is 1. The number of hydrogen-bond acceptors (Lipinski definition) is 5. The number of nitrogens with zero attached hydrogens (tertiary/aromatic N) is 1. The molecule has 2 aromatic rings. The molecule has 1 aromatic heterocycles. The third kappa shape index (κ3) is 2.34. The fraction of sp³-hybridized carbons (Fsp3) is 0. The second kappa shape index (κ2) is 4.54. The van der Waals surface area contributed by atoms with Crippen molar-refractivity contribution < 1.29 is 9.90 Å². The molecule has 4 nitrogen and oxygen atoms in total. The summed E-state index contributed by atoms with van der Waals surface area (Å²) in [4.78, 5) is 15.8. The number of thiazole rings is 1. The molecule has 0 saturated heterocycles. The van der Waals surface area contributed by atoms with E-state index in [-0.39, 0.29) is 11.3 Å². The van der Waals surface area contributed by atoms with Crippen LogP contribution < -0.4 is 5.73 Å². The molecule has 0 bridgehead atoms.